The number of nitrogens with zero attached hydrogens (tertiary/aromatic N) is 2. The fourth-order valence-electron chi connectivity index (χ4n) is 6.39. The Morgan fingerprint density at radius 1 is 0.352 bits per heavy atom. The Balaban J connectivity index is 1.35. The summed E-state index contributed by atoms with van der Waals surface area (Å²) in [5, 5.41) is 2.06. The fraction of sp³-hybridized carbons (Fsp3) is 0.100. The molecule has 0 fully saturated rings. The number of hydrogen-bond donors (Lipinski definition) is 0. The molecule has 1 heterocycles. The molecule has 0 saturated heterocycles. The molecule has 0 N–H and O–H groups in total. The van der Waals surface area contributed by atoms with Gasteiger partial charge in [-0.25, -0.2) is 0 Å². The van der Waals surface area contributed by atoms with Crippen LogP contribution in [0.15, 0.2) is 133 Å². The van der Waals surface area contributed by atoms with Crippen LogP contribution in [-0.4, -0.2) is 4.57 Å². The standard InChI is InChI=1S/C40H22F12N2/c41-37(42,43)25-17-26(38(44,45)46)20-31(19-25)53(32-21-27(39(47,48)49)18-28(22-32)40(50,51)52)29-13-9-23(10-14-29)24-11-15-30(16-12-24)54-35-7-3-1-5-33(35)34-6-2-4-8-36(34)54/h1-22H. The third-order valence-corrected chi connectivity index (χ3v) is 8.83. The SMILES string of the molecule is FC(F)(F)c1cc(N(c2ccc(-c3ccc(-n4c5ccccc5c5ccccc54)cc3)cc2)c2cc(C(F)(F)F)cc(C(F)(F)F)c2)cc(C(F)(F)F)c1. The summed E-state index contributed by atoms with van der Waals surface area (Å²) in [6.45, 7) is 0. The van der Waals surface area contributed by atoms with E-state index in [1.54, 1.807) is 12.1 Å². The van der Waals surface area contributed by atoms with E-state index in [1.807, 2.05) is 60.7 Å². The van der Waals surface area contributed by atoms with Crippen LogP contribution in [0.25, 0.3) is 38.6 Å². The molecule has 0 amide bonds. The topological polar surface area (TPSA) is 8.17 Å². The van der Waals surface area contributed by atoms with Crippen LogP contribution in [0, 0.1) is 0 Å². The zero-order valence-corrected chi connectivity index (χ0v) is 27.1. The summed E-state index contributed by atoms with van der Waals surface area (Å²) in [6, 6.07) is 28.5. The van der Waals surface area contributed by atoms with E-state index in [0.29, 0.717) is 16.0 Å². The number of aromatic nitrogens is 1. The van der Waals surface area contributed by atoms with E-state index in [9.17, 15) is 52.7 Å². The van der Waals surface area contributed by atoms with E-state index in [1.165, 1.54) is 24.3 Å². The van der Waals surface area contributed by atoms with Gasteiger partial charge in [0.15, 0.2) is 0 Å². The lowest BCUT2D eigenvalue weighted by Gasteiger charge is -2.29. The van der Waals surface area contributed by atoms with Gasteiger partial charge in [0.1, 0.15) is 0 Å². The van der Waals surface area contributed by atoms with E-state index in [-0.39, 0.29) is 42.1 Å². The predicted molar refractivity (Wildman–Crippen MR) is 181 cm³/mol. The number of alkyl halides is 12. The monoisotopic (exact) mass is 758 g/mol. The first-order valence-corrected chi connectivity index (χ1v) is 15.9. The van der Waals surface area contributed by atoms with Crippen molar-refractivity contribution in [1.82, 2.24) is 4.57 Å². The molecule has 0 aliphatic rings. The van der Waals surface area contributed by atoms with Gasteiger partial charge in [0.25, 0.3) is 0 Å². The highest BCUT2D eigenvalue weighted by atomic mass is 19.4. The second kappa shape index (κ2) is 12.9. The van der Waals surface area contributed by atoms with Crippen molar-refractivity contribution in [1.29, 1.82) is 0 Å². The molecule has 0 aliphatic carbocycles. The summed E-state index contributed by atoms with van der Waals surface area (Å²) in [4.78, 5) is 0.490. The zero-order chi connectivity index (χ0) is 38.8. The summed E-state index contributed by atoms with van der Waals surface area (Å²) in [5.41, 5.74) is -5.77. The maximum absolute atomic E-state index is 13.9. The van der Waals surface area contributed by atoms with Crippen LogP contribution >= 0.6 is 0 Å². The van der Waals surface area contributed by atoms with Gasteiger partial charge in [0.2, 0.25) is 0 Å². The summed E-state index contributed by atoms with van der Waals surface area (Å²) < 4.78 is 169. The Morgan fingerprint density at radius 2 is 0.685 bits per heavy atom. The molecule has 7 aromatic rings. The van der Waals surface area contributed by atoms with E-state index < -0.39 is 58.3 Å². The molecule has 0 atom stereocenters. The van der Waals surface area contributed by atoms with Crippen molar-refractivity contribution in [2.24, 2.45) is 0 Å². The summed E-state index contributed by atoms with van der Waals surface area (Å²) in [7, 11) is 0. The molecule has 0 aliphatic heterocycles. The normalized spacial score (nSPS) is 12.8. The van der Waals surface area contributed by atoms with E-state index in [0.717, 1.165) is 27.5 Å². The molecule has 276 valence electrons. The summed E-state index contributed by atoms with van der Waals surface area (Å²) in [5.74, 6) is 0. The van der Waals surface area contributed by atoms with Crippen molar-refractivity contribution < 1.29 is 52.7 Å². The quantitative estimate of drug-likeness (QED) is 0.159. The van der Waals surface area contributed by atoms with E-state index in [2.05, 4.69) is 4.57 Å². The molecule has 54 heavy (non-hydrogen) atoms. The first-order valence-electron chi connectivity index (χ1n) is 15.9. The second-order valence-corrected chi connectivity index (χ2v) is 12.3. The predicted octanol–water partition coefficient (Wildman–Crippen LogP) is 14.0. The number of benzene rings is 6. The average molecular weight is 759 g/mol. The first kappa shape index (κ1) is 36.4. The minimum atomic E-state index is -5.36. The molecule has 2 nitrogen and oxygen atoms in total. The zero-order valence-electron chi connectivity index (χ0n) is 27.1. The van der Waals surface area contributed by atoms with Crippen LogP contribution in [0.3, 0.4) is 0 Å². The van der Waals surface area contributed by atoms with Crippen molar-refractivity contribution in [2.45, 2.75) is 24.7 Å². The molecular weight excluding hydrogens is 736 g/mol. The first-order chi connectivity index (χ1) is 25.3. The second-order valence-electron chi connectivity index (χ2n) is 12.3. The number of fused-ring (bicyclic) bond motifs is 3. The van der Waals surface area contributed by atoms with Crippen molar-refractivity contribution in [3.05, 3.63) is 156 Å². The minimum absolute atomic E-state index is 0.193. The smallest absolute Gasteiger partial charge is 0.310 e. The number of para-hydroxylation sites is 2. The van der Waals surface area contributed by atoms with Crippen molar-refractivity contribution in [3.8, 4) is 16.8 Å². The van der Waals surface area contributed by atoms with Crippen molar-refractivity contribution in [3.63, 3.8) is 0 Å². The molecule has 0 bridgehead atoms. The fourth-order valence-corrected chi connectivity index (χ4v) is 6.39. The van der Waals surface area contributed by atoms with Crippen LogP contribution in [0.2, 0.25) is 0 Å². The maximum Gasteiger partial charge on any atom is 0.416 e. The van der Waals surface area contributed by atoms with Crippen LogP contribution in [-0.2, 0) is 24.7 Å². The van der Waals surface area contributed by atoms with Gasteiger partial charge < -0.3 is 9.47 Å². The van der Waals surface area contributed by atoms with E-state index in [4.69, 9.17) is 0 Å². The molecule has 0 unspecified atom stereocenters. The van der Waals surface area contributed by atoms with Crippen LogP contribution in [0.1, 0.15) is 22.3 Å². The third kappa shape index (κ3) is 6.95. The Kier molecular flexibility index (Phi) is 8.70. The molecule has 1 aromatic heterocycles. The Labute approximate surface area is 298 Å². The van der Waals surface area contributed by atoms with E-state index >= 15 is 0 Å². The lowest BCUT2D eigenvalue weighted by molar-refractivity contribution is -0.144. The Morgan fingerprint density at radius 3 is 1.04 bits per heavy atom. The number of halogens is 12. The highest BCUT2D eigenvalue weighted by Crippen LogP contribution is 2.46. The van der Waals surface area contributed by atoms with Gasteiger partial charge in [-0.1, -0.05) is 60.7 Å². The van der Waals surface area contributed by atoms with Crippen LogP contribution < -0.4 is 4.90 Å². The van der Waals surface area contributed by atoms with Gasteiger partial charge in [-0.05, 0) is 83.9 Å². The van der Waals surface area contributed by atoms with Crippen molar-refractivity contribution >= 4 is 38.9 Å². The molecule has 14 heteroatoms. The number of hydrogen-bond acceptors (Lipinski definition) is 1. The summed E-state index contributed by atoms with van der Waals surface area (Å²) in [6.07, 6.45) is -21.4. The Hall–Kier alpha value is -5.92. The minimum Gasteiger partial charge on any atom is -0.310 e. The number of anilines is 3. The average Bonchev–Trinajstić information content (AvgIpc) is 3.45. The molecule has 0 saturated carbocycles. The van der Waals surface area contributed by atoms with Gasteiger partial charge in [-0.15, -0.1) is 0 Å². The van der Waals surface area contributed by atoms with Gasteiger partial charge in [0, 0.05) is 33.5 Å². The lowest BCUT2D eigenvalue weighted by atomic mass is 10.0. The largest absolute Gasteiger partial charge is 0.416 e. The van der Waals surface area contributed by atoms with Gasteiger partial charge in [-0.3, -0.25) is 0 Å². The molecule has 6 aromatic carbocycles. The molecule has 0 spiro atoms. The third-order valence-electron chi connectivity index (χ3n) is 8.83. The summed E-state index contributed by atoms with van der Waals surface area (Å²) >= 11 is 0. The lowest BCUT2D eigenvalue weighted by Crippen LogP contribution is -2.18. The molecular formula is C40H22F12N2. The van der Waals surface area contributed by atoms with Gasteiger partial charge >= 0.3 is 24.7 Å². The van der Waals surface area contributed by atoms with Gasteiger partial charge in [-0.2, -0.15) is 52.7 Å². The highest BCUT2D eigenvalue weighted by molar-refractivity contribution is 6.09. The maximum atomic E-state index is 13.9. The van der Waals surface area contributed by atoms with Gasteiger partial charge in [0.05, 0.1) is 33.3 Å². The molecule has 0 radical (unpaired) electrons. The van der Waals surface area contributed by atoms with Crippen LogP contribution in [0.4, 0.5) is 69.7 Å². The van der Waals surface area contributed by atoms with Crippen LogP contribution in [0.5, 0.6) is 0 Å². The molecule has 7 rings (SSSR count). The Bertz CT molecular complexity index is 2290. The van der Waals surface area contributed by atoms with Crippen molar-refractivity contribution in [2.75, 3.05) is 4.90 Å². The number of rotatable bonds is 5. The highest BCUT2D eigenvalue weighted by Gasteiger charge is 2.40.